The summed E-state index contributed by atoms with van der Waals surface area (Å²) >= 11 is 0. The third-order valence-corrected chi connectivity index (χ3v) is 7.37. The lowest BCUT2D eigenvalue weighted by Gasteiger charge is -2.48. The number of benzene rings is 2. The van der Waals surface area contributed by atoms with Crippen molar-refractivity contribution in [2.24, 2.45) is 7.05 Å². The van der Waals surface area contributed by atoms with E-state index in [4.69, 9.17) is 4.74 Å². The lowest BCUT2D eigenvalue weighted by molar-refractivity contribution is -0.634. The van der Waals surface area contributed by atoms with Crippen molar-refractivity contribution in [1.29, 1.82) is 0 Å². The minimum atomic E-state index is 0.168. The van der Waals surface area contributed by atoms with Gasteiger partial charge in [0.2, 0.25) is 11.2 Å². The fourth-order valence-corrected chi connectivity index (χ4v) is 5.86. The number of pyridine rings is 1. The summed E-state index contributed by atoms with van der Waals surface area (Å²) in [7, 11) is 2.20. The molecular formula is C28H35N2O+. The molecule has 3 aromatic rings. The van der Waals surface area contributed by atoms with E-state index < -0.39 is 0 Å². The van der Waals surface area contributed by atoms with Gasteiger partial charge in [-0.25, -0.2) is 0 Å². The summed E-state index contributed by atoms with van der Waals surface area (Å²) in [6.07, 6.45) is 3.62. The first kappa shape index (κ1) is 20.4. The fourth-order valence-electron chi connectivity index (χ4n) is 5.86. The molecule has 5 rings (SSSR count). The van der Waals surface area contributed by atoms with E-state index in [9.17, 15) is 0 Å². The Balaban J connectivity index is 1.70. The van der Waals surface area contributed by atoms with Crippen LogP contribution in [0, 0.1) is 6.92 Å². The summed E-state index contributed by atoms with van der Waals surface area (Å²) in [6.45, 7) is 13.3. The summed E-state index contributed by atoms with van der Waals surface area (Å²) in [5.74, 6) is 1.56. The highest BCUT2D eigenvalue weighted by Gasteiger charge is 2.38. The van der Waals surface area contributed by atoms with Crippen LogP contribution >= 0.6 is 0 Å². The Morgan fingerprint density at radius 2 is 1.97 bits per heavy atom. The van der Waals surface area contributed by atoms with Gasteiger partial charge in [-0.3, -0.25) is 0 Å². The Hall–Kier alpha value is -2.55. The summed E-state index contributed by atoms with van der Waals surface area (Å²) < 4.78 is 8.73. The van der Waals surface area contributed by atoms with Gasteiger partial charge in [0.25, 0.3) is 0 Å². The van der Waals surface area contributed by atoms with Crippen molar-refractivity contribution in [2.75, 3.05) is 11.4 Å². The summed E-state index contributed by atoms with van der Waals surface area (Å²) in [5.41, 5.74) is 9.40. The van der Waals surface area contributed by atoms with Gasteiger partial charge in [0, 0.05) is 35.3 Å². The van der Waals surface area contributed by atoms with Gasteiger partial charge < -0.3 is 9.64 Å². The van der Waals surface area contributed by atoms with Crippen molar-refractivity contribution in [1.82, 2.24) is 0 Å². The predicted molar refractivity (Wildman–Crippen MR) is 129 cm³/mol. The first-order chi connectivity index (χ1) is 14.8. The molecule has 3 heteroatoms. The Morgan fingerprint density at radius 3 is 2.74 bits per heavy atom. The molecule has 2 aliphatic heterocycles. The van der Waals surface area contributed by atoms with Gasteiger partial charge >= 0.3 is 0 Å². The first-order valence-electron chi connectivity index (χ1n) is 11.8. The lowest BCUT2D eigenvalue weighted by Crippen LogP contribution is -2.48. The minimum Gasteiger partial charge on any atom is -0.488 e. The average molecular weight is 416 g/mol. The largest absolute Gasteiger partial charge is 0.488 e. The molecule has 1 unspecified atom stereocenters. The molecule has 162 valence electrons. The molecule has 0 radical (unpaired) electrons. The van der Waals surface area contributed by atoms with E-state index in [-0.39, 0.29) is 5.54 Å². The molecule has 0 bridgehead atoms. The monoisotopic (exact) mass is 415 g/mol. The molecular weight excluding hydrogens is 380 g/mol. The quantitative estimate of drug-likeness (QED) is 0.459. The van der Waals surface area contributed by atoms with Gasteiger partial charge in [0.05, 0.1) is 11.1 Å². The maximum atomic E-state index is 6.37. The zero-order chi connectivity index (χ0) is 21.9. The highest BCUT2D eigenvalue weighted by molar-refractivity contribution is 5.83. The van der Waals surface area contributed by atoms with E-state index in [1.807, 2.05) is 0 Å². The molecule has 0 spiro atoms. The predicted octanol–water partition coefficient (Wildman–Crippen LogP) is 6.42. The van der Waals surface area contributed by atoms with Gasteiger partial charge in [-0.2, -0.15) is 4.57 Å². The van der Waals surface area contributed by atoms with Crippen molar-refractivity contribution in [3.05, 3.63) is 53.1 Å². The molecule has 3 heterocycles. The zero-order valence-corrected chi connectivity index (χ0v) is 19.9. The van der Waals surface area contributed by atoms with Crippen molar-refractivity contribution >= 4 is 16.6 Å². The minimum absolute atomic E-state index is 0.168. The molecule has 1 atom stereocenters. The molecule has 31 heavy (non-hydrogen) atoms. The second kappa shape index (κ2) is 7.25. The number of hydrogen-bond acceptors (Lipinski definition) is 2. The number of ether oxygens (including phenoxy) is 1. The molecule has 1 aromatic heterocycles. The van der Waals surface area contributed by atoms with Crippen LogP contribution in [-0.4, -0.2) is 12.1 Å². The maximum absolute atomic E-state index is 6.37. The van der Waals surface area contributed by atoms with Crippen LogP contribution in [0.1, 0.15) is 69.6 Å². The Bertz CT molecular complexity index is 1180. The number of rotatable bonds is 3. The number of anilines is 1. The van der Waals surface area contributed by atoms with E-state index in [0.717, 1.165) is 12.3 Å². The summed E-state index contributed by atoms with van der Waals surface area (Å²) in [4.78, 5) is 2.63. The SMILES string of the molecule is CCCCN1c2cc3c(cc2C(C)CC1(C)C)-c1c(cc2cc(C)ccc2[n+]1C)CO3. The number of aryl methyl sites for hydroxylation is 2. The normalized spacial score (nSPS) is 18.9. The zero-order valence-electron chi connectivity index (χ0n) is 19.9. The van der Waals surface area contributed by atoms with E-state index >= 15 is 0 Å². The molecule has 0 aliphatic carbocycles. The van der Waals surface area contributed by atoms with Gasteiger partial charge in [0.15, 0.2) is 0 Å². The van der Waals surface area contributed by atoms with Crippen LogP contribution in [0.5, 0.6) is 5.75 Å². The molecule has 0 N–H and O–H groups in total. The molecule has 3 nitrogen and oxygen atoms in total. The third-order valence-electron chi connectivity index (χ3n) is 7.37. The Labute approximate surface area is 186 Å². The number of unbranched alkanes of at least 4 members (excludes halogenated alkanes) is 1. The van der Waals surface area contributed by atoms with Gasteiger partial charge in [0.1, 0.15) is 19.4 Å². The standard InChI is InChI=1S/C28H35N2O/c1-7-8-11-30-25-15-26-23(14-22(25)19(3)16-28(30,4)5)27-21(17-31-26)13-20-12-18(2)9-10-24(20)29(27)6/h9-10,12-15,19H,7-8,11,16-17H2,1-6H3/q+1. The smallest absolute Gasteiger partial charge is 0.223 e. The lowest BCUT2D eigenvalue weighted by atomic mass is 9.78. The first-order valence-corrected chi connectivity index (χ1v) is 11.8. The van der Waals surface area contributed by atoms with Crippen LogP contribution in [0.15, 0.2) is 36.4 Å². The van der Waals surface area contributed by atoms with Crippen LogP contribution in [0.3, 0.4) is 0 Å². The fraction of sp³-hybridized carbons (Fsp3) is 0.464. The average Bonchev–Trinajstić information content (AvgIpc) is 2.71. The van der Waals surface area contributed by atoms with Crippen molar-refractivity contribution in [3.8, 4) is 17.0 Å². The van der Waals surface area contributed by atoms with E-state index in [1.165, 1.54) is 63.8 Å². The second-order valence-electron chi connectivity index (χ2n) is 10.3. The number of fused-ring (bicyclic) bond motifs is 5. The van der Waals surface area contributed by atoms with Crippen LogP contribution in [-0.2, 0) is 13.7 Å². The molecule has 2 aromatic carbocycles. The number of nitrogens with zero attached hydrogens (tertiary/aromatic N) is 2. The summed E-state index contributed by atoms with van der Waals surface area (Å²) in [6, 6.07) is 13.8. The topological polar surface area (TPSA) is 16.4 Å². The van der Waals surface area contributed by atoms with Crippen molar-refractivity contribution in [2.45, 2.75) is 71.9 Å². The highest BCUT2D eigenvalue weighted by Crippen LogP contribution is 2.49. The van der Waals surface area contributed by atoms with Crippen LogP contribution < -0.4 is 14.2 Å². The van der Waals surface area contributed by atoms with Gasteiger partial charge in [-0.05, 0) is 63.3 Å². The van der Waals surface area contributed by atoms with Gasteiger partial charge in [-0.1, -0.05) is 31.9 Å². The van der Waals surface area contributed by atoms with Crippen LogP contribution in [0.2, 0.25) is 0 Å². The van der Waals surface area contributed by atoms with Crippen molar-refractivity contribution < 1.29 is 9.30 Å². The highest BCUT2D eigenvalue weighted by atomic mass is 16.5. The van der Waals surface area contributed by atoms with E-state index in [0.29, 0.717) is 12.5 Å². The number of hydrogen-bond donors (Lipinski definition) is 0. The second-order valence-corrected chi connectivity index (χ2v) is 10.3. The summed E-state index contributed by atoms with van der Waals surface area (Å²) in [5, 5.41) is 1.28. The maximum Gasteiger partial charge on any atom is 0.223 e. The third kappa shape index (κ3) is 3.21. The van der Waals surface area contributed by atoms with Crippen molar-refractivity contribution in [3.63, 3.8) is 0 Å². The van der Waals surface area contributed by atoms with E-state index in [2.05, 4.69) is 87.5 Å². The molecule has 0 saturated heterocycles. The van der Waals surface area contributed by atoms with Crippen LogP contribution in [0.4, 0.5) is 5.69 Å². The Morgan fingerprint density at radius 1 is 1.16 bits per heavy atom. The van der Waals surface area contributed by atoms with Crippen LogP contribution in [0.25, 0.3) is 22.2 Å². The molecule has 2 aliphatic rings. The number of aromatic nitrogens is 1. The Kier molecular flexibility index (Phi) is 4.76. The molecule has 0 fully saturated rings. The van der Waals surface area contributed by atoms with E-state index in [1.54, 1.807) is 0 Å². The molecule has 0 saturated carbocycles. The molecule has 0 amide bonds. The van der Waals surface area contributed by atoms with Gasteiger partial charge in [-0.15, -0.1) is 0 Å².